The molecule has 0 aromatic heterocycles. The van der Waals surface area contributed by atoms with E-state index in [1.807, 2.05) is 38.1 Å². The van der Waals surface area contributed by atoms with Gasteiger partial charge in [-0.2, -0.15) is 0 Å². The van der Waals surface area contributed by atoms with Gasteiger partial charge < -0.3 is 29.2 Å². The van der Waals surface area contributed by atoms with Crippen LogP contribution in [0.15, 0.2) is 59.4 Å². The minimum absolute atomic E-state index is 0.203. The fourth-order valence-electron chi connectivity index (χ4n) is 4.34. The van der Waals surface area contributed by atoms with Crippen LogP contribution in [0.25, 0.3) is 0 Å². The van der Waals surface area contributed by atoms with E-state index in [1.165, 1.54) is 0 Å². The van der Waals surface area contributed by atoms with Crippen LogP contribution in [-0.2, 0) is 38.6 Å². The fourth-order valence-corrected chi connectivity index (χ4v) is 4.34. The number of fused-ring (bicyclic) bond motifs is 2. The molecule has 6 nitrogen and oxygen atoms in total. The van der Waals surface area contributed by atoms with Crippen molar-refractivity contribution >= 4 is 0 Å². The number of ether oxygens (including phenoxy) is 4. The molecule has 0 amide bonds. The highest BCUT2D eigenvalue weighted by Gasteiger charge is 2.34. The molecule has 0 fully saturated rings. The molecule has 2 N–H and O–H groups in total. The number of phenolic OH excluding ortho intramolecular Hbond substituents is 2. The monoisotopic (exact) mass is 408 g/mol. The summed E-state index contributed by atoms with van der Waals surface area (Å²) >= 11 is 0. The van der Waals surface area contributed by atoms with Gasteiger partial charge in [0.05, 0.1) is 19.3 Å². The van der Waals surface area contributed by atoms with Gasteiger partial charge in [-0.1, -0.05) is 24.3 Å². The summed E-state index contributed by atoms with van der Waals surface area (Å²) in [6.07, 6.45) is 0.611. The third kappa shape index (κ3) is 3.22. The number of benzene rings is 2. The van der Waals surface area contributed by atoms with Crippen molar-refractivity contribution in [3.8, 4) is 11.5 Å². The van der Waals surface area contributed by atoms with Crippen LogP contribution in [0.5, 0.6) is 11.5 Å². The second-order valence-corrected chi connectivity index (χ2v) is 7.87. The predicted molar refractivity (Wildman–Crippen MR) is 108 cm³/mol. The number of rotatable bonds is 3. The maximum Gasteiger partial charge on any atom is 0.171 e. The molecule has 5 rings (SSSR count). The van der Waals surface area contributed by atoms with E-state index in [-0.39, 0.29) is 23.7 Å². The van der Waals surface area contributed by atoms with Crippen molar-refractivity contribution in [3.63, 3.8) is 0 Å². The summed E-state index contributed by atoms with van der Waals surface area (Å²) in [4.78, 5) is 0. The van der Waals surface area contributed by atoms with Crippen LogP contribution in [-0.4, -0.2) is 16.3 Å². The summed E-state index contributed by atoms with van der Waals surface area (Å²) in [5.41, 5.74) is 3.68. The molecule has 0 spiro atoms. The molecular formula is C24H24O6. The SMILES string of the molecule is CC1=C(CC2OCc3c(O)cccc32)OC(C2Cc3cccc(O)c3CO2)=C(C)O1. The lowest BCUT2D eigenvalue weighted by Crippen LogP contribution is -2.28. The zero-order valence-corrected chi connectivity index (χ0v) is 17.0. The maximum atomic E-state index is 10.1. The summed E-state index contributed by atoms with van der Waals surface area (Å²) in [6, 6.07) is 11.0. The summed E-state index contributed by atoms with van der Waals surface area (Å²) in [6.45, 7) is 4.45. The molecule has 156 valence electrons. The average molecular weight is 408 g/mol. The average Bonchev–Trinajstić information content (AvgIpc) is 3.14. The van der Waals surface area contributed by atoms with Gasteiger partial charge in [-0.15, -0.1) is 0 Å². The molecule has 2 unspecified atom stereocenters. The molecule has 3 aliphatic rings. The largest absolute Gasteiger partial charge is 0.508 e. The second kappa shape index (κ2) is 7.38. The molecule has 30 heavy (non-hydrogen) atoms. The molecule has 0 saturated heterocycles. The van der Waals surface area contributed by atoms with Crippen LogP contribution >= 0.6 is 0 Å². The molecule has 2 aromatic carbocycles. The Labute approximate surface area is 175 Å². The zero-order chi connectivity index (χ0) is 20.8. The third-order valence-corrected chi connectivity index (χ3v) is 5.99. The van der Waals surface area contributed by atoms with Gasteiger partial charge in [-0.25, -0.2) is 0 Å². The van der Waals surface area contributed by atoms with Crippen molar-refractivity contribution in [2.45, 2.75) is 52.1 Å². The molecule has 3 heterocycles. The molecule has 0 radical (unpaired) electrons. The maximum absolute atomic E-state index is 10.1. The van der Waals surface area contributed by atoms with Crippen LogP contribution in [0, 0.1) is 0 Å². The van der Waals surface area contributed by atoms with Crippen molar-refractivity contribution in [2.75, 3.05) is 0 Å². The van der Waals surface area contributed by atoms with E-state index in [1.54, 1.807) is 12.1 Å². The van der Waals surface area contributed by atoms with E-state index >= 15 is 0 Å². The first kappa shape index (κ1) is 19.0. The first-order valence-corrected chi connectivity index (χ1v) is 10.1. The summed E-state index contributed by atoms with van der Waals surface area (Å²) in [7, 11) is 0. The zero-order valence-electron chi connectivity index (χ0n) is 17.0. The van der Waals surface area contributed by atoms with E-state index in [0.717, 1.165) is 22.3 Å². The van der Waals surface area contributed by atoms with Crippen molar-refractivity contribution in [1.82, 2.24) is 0 Å². The van der Waals surface area contributed by atoms with Crippen LogP contribution in [0.2, 0.25) is 0 Å². The Kier molecular flexibility index (Phi) is 4.68. The van der Waals surface area contributed by atoms with Gasteiger partial charge in [0.25, 0.3) is 0 Å². The number of hydrogen-bond acceptors (Lipinski definition) is 6. The number of aromatic hydroxyl groups is 2. The standard InChI is InChI=1S/C24H24O6/c1-13-21(10-22-16-6-4-8-20(26)18(16)12-27-22)30-24(14(2)29-13)23-9-15-5-3-7-19(25)17(15)11-28-23/h3-8,22-23,25-26H,9-12H2,1-2H3. The quantitative estimate of drug-likeness (QED) is 0.766. The van der Waals surface area contributed by atoms with Gasteiger partial charge in [0.15, 0.2) is 5.76 Å². The molecule has 0 bridgehead atoms. The Balaban J connectivity index is 1.35. The lowest BCUT2D eigenvalue weighted by molar-refractivity contribution is -0.00305. The van der Waals surface area contributed by atoms with Crippen LogP contribution in [0.3, 0.4) is 0 Å². The van der Waals surface area contributed by atoms with Gasteiger partial charge >= 0.3 is 0 Å². The second-order valence-electron chi connectivity index (χ2n) is 7.87. The first-order valence-electron chi connectivity index (χ1n) is 10.1. The lowest BCUT2D eigenvalue weighted by atomic mass is 9.96. The number of phenols is 2. The summed E-state index contributed by atoms with van der Waals surface area (Å²) < 4.78 is 24.2. The highest BCUT2D eigenvalue weighted by Crippen LogP contribution is 2.42. The van der Waals surface area contributed by atoms with Crippen molar-refractivity contribution in [3.05, 3.63) is 81.7 Å². The third-order valence-electron chi connectivity index (χ3n) is 5.99. The van der Waals surface area contributed by atoms with E-state index < -0.39 is 0 Å². The van der Waals surface area contributed by atoms with E-state index in [9.17, 15) is 10.2 Å². The molecule has 2 atom stereocenters. The van der Waals surface area contributed by atoms with Gasteiger partial charge in [0, 0.05) is 24.0 Å². The topological polar surface area (TPSA) is 77.4 Å². The fraction of sp³-hybridized carbons (Fsp3) is 0.333. The molecule has 0 saturated carbocycles. The molecule has 6 heteroatoms. The van der Waals surface area contributed by atoms with Crippen molar-refractivity contribution in [2.24, 2.45) is 0 Å². The summed E-state index contributed by atoms with van der Waals surface area (Å²) in [5.74, 6) is 3.24. The molecule has 2 aromatic rings. The summed E-state index contributed by atoms with van der Waals surface area (Å²) in [5, 5.41) is 20.1. The van der Waals surface area contributed by atoms with Crippen LogP contribution in [0.1, 0.15) is 48.6 Å². The minimum Gasteiger partial charge on any atom is -0.508 e. The Bertz CT molecular complexity index is 1070. The Morgan fingerprint density at radius 2 is 1.60 bits per heavy atom. The normalized spacial score (nSPS) is 23.0. The Morgan fingerprint density at radius 3 is 2.43 bits per heavy atom. The van der Waals surface area contributed by atoms with E-state index in [2.05, 4.69) is 0 Å². The number of hydrogen-bond donors (Lipinski definition) is 2. The smallest absolute Gasteiger partial charge is 0.171 e. The Morgan fingerprint density at radius 1 is 0.867 bits per heavy atom. The van der Waals surface area contributed by atoms with Gasteiger partial charge in [0.2, 0.25) is 0 Å². The van der Waals surface area contributed by atoms with Gasteiger partial charge in [-0.3, -0.25) is 0 Å². The van der Waals surface area contributed by atoms with Gasteiger partial charge in [-0.05, 0) is 37.1 Å². The van der Waals surface area contributed by atoms with E-state index in [0.29, 0.717) is 49.1 Å². The predicted octanol–water partition coefficient (Wildman–Crippen LogP) is 4.71. The minimum atomic E-state index is -0.289. The van der Waals surface area contributed by atoms with Gasteiger partial charge in [0.1, 0.15) is 34.9 Å². The Hall–Kier alpha value is -2.96. The number of allylic oxidation sites excluding steroid dienone is 2. The molecule has 0 aliphatic carbocycles. The lowest BCUT2D eigenvalue weighted by Gasteiger charge is -2.32. The van der Waals surface area contributed by atoms with Crippen molar-refractivity contribution in [1.29, 1.82) is 0 Å². The highest BCUT2D eigenvalue weighted by molar-refractivity contribution is 5.43. The molecular weight excluding hydrogens is 384 g/mol. The first-order chi connectivity index (χ1) is 14.5. The van der Waals surface area contributed by atoms with Crippen molar-refractivity contribution < 1.29 is 29.2 Å². The van der Waals surface area contributed by atoms with E-state index in [4.69, 9.17) is 18.9 Å². The highest BCUT2D eigenvalue weighted by atomic mass is 16.6. The van der Waals surface area contributed by atoms with Crippen LogP contribution < -0.4 is 0 Å². The van der Waals surface area contributed by atoms with Crippen LogP contribution in [0.4, 0.5) is 0 Å². The molecule has 3 aliphatic heterocycles.